The van der Waals surface area contributed by atoms with E-state index >= 15 is 0 Å². The smallest absolute Gasteiger partial charge is 0.326 e. The topological polar surface area (TPSA) is 91.3 Å². The maximum absolute atomic E-state index is 11.5. The fourth-order valence-corrected chi connectivity index (χ4v) is 2.20. The normalized spacial score (nSPS) is 11.8. The van der Waals surface area contributed by atoms with Gasteiger partial charge in [-0.05, 0) is 18.4 Å². The molecule has 0 aliphatic carbocycles. The van der Waals surface area contributed by atoms with Gasteiger partial charge in [0.05, 0.1) is 12.1 Å². The van der Waals surface area contributed by atoms with Gasteiger partial charge >= 0.3 is 12.0 Å². The molecule has 0 radical (unpaired) electrons. The van der Waals surface area contributed by atoms with Crippen LogP contribution in [0.4, 0.5) is 4.79 Å². The van der Waals surface area contributed by atoms with Crippen LogP contribution in [0, 0.1) is 0 Å². The summed E-state index contributed by atoms with van der Waals surface area (Å²) >= 11 is 2.97. The number of hydrogen-bond acceptors (Lipinski definition) is 5. The van der Waals surface area contributed by atoms with Crippen molar-refractivity contribution in [2.75, 3.05) is 12.0 Å². The molecule has 1 rings (SSSR count). The number of carboxylic acid groups (broad SMARTS) is 1. The predicted octanol–water partition coefficient (Wildman–Crippen LogP) is 1.15. The van der Waals surface area contributed by atoms with Gasteiger partial charge in [-0.1, -0.05) is 0 Å². The third-order valence-corrected chi connectivity index (χ3v) is 3.54. The molecule has 1 aromatic heterocycles. The van der Waals surface area contributed by atoms with Crippen LogP contribution >= 0.6 is 23.1 Å². The van der Waals surface area contributed by atoms with Crippen LogP contribution in [0.25, 0.3) is 0 Å². The van der Waals surface area contributed by atoms with Gasteiger partial charge in [-0.3, -0.25) is 4.98 Å². The molecule has 1 atom stereocenters. The van der Waals surface area contributed by atoms with Gasteiger partial charge in [0.15, 0.2) is 0 Å². The second-order valence-electron chi connectivity index (χ2n) is 3.47. The summed E-state index contributed by atoms with van der Waals surface area (Å²) in [7, 11) is 0. The first-order valence-electron chi connectivity index (χ1n) is 5.27. The van der Waals surface area contributed by atoms with E-state index in [-0.39, 0.29) is 0 Å². The summed E-state index contributed by atoms with van der Waals surface area (Å²) in [6.07, 6.45) is 3.96. The van der Waals surface area contributed by atoms with Gasteiger partial charge in [0.2, 0.25) is 0 Å². The number of amides is 2. The Balaban J connectivity index is 2.34. The van der Waals surface area contributed by atoms with Crippen molar-refractivity contribution in [3.63, 3.8) is 0 Å². The minimum absolute atomic E-state index is 0.353. The number of hydrogen-bond donors (Lipinski definition) is 3. The lowest BCUT2D eigenvalue weighted by Crippen LogP contribution is -2.46. The Morgan fingerprint density at radius 2 is 2.39 bits per heavy atom. The van der Waals surface area contributed by atoms with E-state index in [0.29, 0.717) is 18.7 Å². The van der Waals surface area contributed by atoms with Gasteiger partial charge in [0.25, 0.3) is 0 Å². The Morgan fingerprint density at radius 1 is 1.61 bits per heavy atom. The number of urea groups is 1. The minimum atomic E-state index is -1.02. The van der Waals surface area contributed by atoms with Crippen molar-refractivity contribution in [2.24, 2.45) is 0 Å². The first kappa shape index (κ1) is 14.8. The van der Waals surface area contributed by atoms with Crippen LogP contribution in [-0.4, -0.2) is 40.1 Å². The molecule has 0 spiro atoms. The van der Waals surface area contributed by atoms with Crippen molar-refractivity contribution in [2.45, 2.75) is 19.0 Å². The molecule has 1 unspecified atom stereocenters. The highest BCUT2D eigenvalue weighted by molar-refractivity contribution is 7.98. The number of carboxylic acids is 1. The van der Waals surface area contributed by atoms with Crippen molar-refractivity contribution < 1.29 is 14.7 Å². The van der Waals surface area contributed by atoms with Crippen molar-refractivity contribution in [1.82, 2.24) is 15.6 Å². The highest BCUT2D eigenvalue weighted by atomic mass is 32.2. The van der Waals surface area contributed by atoms with E-state index in [4.69, 9.17) is 5.11 Å². The number of rotatable bonds is 7. The first-order valence-corrected chi connectivity index (χ1v) is 7.54. The number of aliphatic carboxylic acids is 1. The molecule has 1 aromatic rings. The second kappa shape index (κ2) is 7.93. The van der Waals surface area contributed by atoms with E-state index in [1.165, 1.54) is 11.3 Å². The molecule has 3 N–H and O–H groups in total. The molecule has 2 amide bonds. The van der Waals surface area contributed by atoms with Gasteiger partial charge in [-0.2, -0.15) is 11.8 Å². The Morgan fingerprint density at radius 3 is 2.94 bits per heavy atom. The summed E-state index contributed by atoms with van der Waals surface area (Å²) in [6, 6.07) is -1.32. The predicted molar refractivity (Wildman–Crippen MR) is 71.9 cm³/mol. The SMILES string of the molecule is CSCCC(NC(=O)NCc1cncs1)C(=O)O. The number of aromatic nitrogens is 1. The lowest BCUT2D eigenvalue weighted by molar-refractivity contribution is -0.139. The average Bonchev–Trinajstić information content (AvgIpc) is 2.84. The van der Waals surface area contributed by atoms with E-state index < -0.39 is 18.0 Å². The van der Waals surface area contributed by atoms with Gasteiger partial charge < -0.3 is 15.7 Å². The zero-order valence-corrected chi connectivity index (χ0v) is 11.5. The molecule has 0 saturated carbocycles. The number of nitrogens with one attached hydrogen (secondary N) is 2. The summed E-state index contributed by atoms with van der Waals surface area (Å²) < 4.78 is 0. The van der Waals surface area contributed by atoms with E-state index in [9.17, 15) is 9.59 Å². The first-order chi connectivity index (χ1) is 8.63. The molecule has 1 heterocycles. The summed E-state index contributed by atoms with van der Waals surface area (Å²) in [5, 5.41) is 14.0. The Hall–Kier alpha value is -1.28. The zero-order valence-electron chi connectivity index (χ0n) is 9.88. The van der Waals surface area contributed by atoms with Crippen molar-refractivity contribution in [3.05, 3.63) is 16.6 Å². The van der Waals surface area contributed by atoms with Crippen molar-refractivity contribution in [3.8, 4) is 0 Å². The zero-order chi connectivity index (χ0) is 13.4. The molecule has 18 heavy (non-hydrogen) atoms. The summed E-state index contributed by atoms with van der Waals surface area (Å²) in [5.74, 6) is -0.330. The molecular weight excluding hydrogens is 274 g/mol. The fourth-order valence-electron chi connectivity index (χ4n) is 1.20. The van der Waals surface area contributed by atoms with Gasteiger partial charge in [-0.25, -0.2) is 9.59 Å². The molecule has 0 aliphatic heterocycles. The van der Waals surface area contributed by atoms with Gasteiger partial charge in [0, 0.05) is 11.1 Å². The summed E-state index contributed by atoms with van der Waals surface area (Å²) in [6.45, 7) is 0.353. The lowest BCUT2D eigenvalue weighted by Gasteiger charge is -2.14. The maximum Gasteiger partial charge on any atom is 0.326 e. The Labute approximate surface area is 113 Å². The van der Waals surface area contributed by atoms with Crippen molar-refractivity contribution in [1.29, 1.82) is 0 Å². The average molecular weight is 289 g/mol. The quantitative estimate of drug-likeness (QED) is 0.700. The van der Waals surface area contributed by atoms with Crippen LogP contribution in [0.15, 0.2) is 11.7 Å². The van der Waals surface area contributed by atoms with Crippen LogP contribution in [0.1, 0.15) is 11.3 Å². The highest BCUT2D eigenvalue weighted by Crippen LogP contribution is 2.04. The number of thiazole rings is 1. The standard InChI is InChI=1S/C10H15N3O3S2/c1-17-3-2-8(9(14)15)13-10(16)12-5-7-4-11-6-18-7/h4,6,8H,2-3,5H2,1H3,(H,14,15)(H2,12,13,16). The molecule has 0 bridgehead atoms. The maximum atomic E-state index is 11.5. The van der Waals surface area contributed by atoms with Crippen LogP contribution < -0.4 is 10.6 Å². The van der Waals surface area contributed by atoms with Crippen LogP contribution in [0.2, 0.25) is 0 Å². The second-order valence-corrected chi connectivity index (χ2v) is 5.42. The number of nitrogens with zero attached hydrogens (tertiary/aromatic N) is 1. The monoisotopic (exact) mass is 289 g/mol. The molecule has 0 aromatic carbocycles. The highest BCUT2D eigenvalue weighted by Gasteiger charge is 2.18. The third kappa shape index (κ3) is 5.37. The molecule has 8 heteroatoms. The third-order valence-electron chi connectivity index (χ3n) is 2.12. The minimum Gasteiger partial charge on any atom is -0.480 e. The fraction of sp³-hybridized carbons (Fsp3) is 0.500. The summed E-state index contributed by atoms with van der Waals surface area (Å²) in [5.41, 5.74) is 1.67. The van der Waals surface area contributed by atoms with Gasteiger partial charge in [-0.15, -0.1) is 11.3 Å². The Bertz CT molecular complexity index is 384. The van der Waals surface area contributed by atoms with Crippen LogP contribution in [0.5, 0.6) is 0 Å². The molecule has 0 saturated heterocycles. The molecule has 0 fully saturated rings. The molecular formula is C10H15N3O3S2. The van der Waals surface area contributed by atoms with E-state index in [0.717, 1.165) is 4.88 Å². The molecule has 100 valence electrons. The van der Waals surface area contributed by atoms with Crippen molar-refractivity contribution >= 4 is 35.1 Å². The van der Waals surface area contributed by atoms with Gasteiger partial charge in [0.1, 0.15) is 6.04 Å². The van der Waals surface area contributed by atoms with Crippen LogP contribution in [0.3, 0.4) is 0 Å². The molecule has 0 aliphatic rings. The number of thioether (sulfide) groups is 1. The van der Waals surface area contributed by atoms with E-state index in [1.807, 2.05) is 6.26 Å². The number of carbonyl (C=O) groups is 2. The molecule has 6 nitrogen and oxygen atoms in total. The van der Waals surface area contributed by atoms with E-state index in [1.54, 1.807) is 23.5 Å². The largest absolute Gasteiger partial charge is 0.480 e. The van der Waals surface area contributed by atoms with E-state index in [2.05, 4.69) is 15.6 Å². The lowest BCUT2D eigenvalue weighted by atomic mass is 10.2. The summed E-state index contributed by atoms with van der Waals surface area (Å²) in [4.78, 5) is 27.2. The Kier molecular flexibility index (Phi) is 6.51. The number of carbonyl (C=O) groups excluding carboxylic acids is 1. The van der Waals surface area contributed by atoms with Crippen LogP contribution in [-0.2, 0) is 11.3 Å².